The lowest BCUT2D eigenvalue weighted by molar-refractivity contribution is -0.116. The Morgan fingerprint density at radius 3 is 1.67 bits per heavy atom. The van der Waals surface area contributed by atoms with E-state index in [2.05, 4.69) is 31.0 Å². The highest BCUT2D eigenvalue weighted by molar-refractivity contribution is 7.15. The molecule has 2 atom stereocenters. The minimum absolute atomic E-state index is 0.148. The fourth-order valence-corrected chi connectivity index (χ4v) is 6.41. The molecule has 2 heterocycles. The van der Waals surface area contributed by atoms with Crippen molar-refractivity contribution in [3.05, 3.63) is 69.7 Å². The number of nitrogens with zero attached hydrogens (tertiary/aromatic N) is 4. The highest BCUT2D eigenvalue weighted by atomic mass is 32.1. The van der Waals surface area contributed by atoms with Crippen LogP contribution in [0.3, 0.4) is 0 Å². The largest absolute Gasteiger partial charge is 0.497 e. The molecule has 1 saturated carbocycles. The number of carbonyl (C=O) groups is 2. The van der Waals surface area contributed by atoms with Crippen molar-refractivity contribution in [1.82, 2.24) is 20.4 Å². The maximum absolute atomic E-state index is 12.5. The first-order chi connectivity index (χ1) is 19.0. The number of anilines is 2. The van der Waals surface area contributed by atoms with E-state index in [4.69, 9.17) is 9.47 Å². The van der Waals surface area contributed by atoms with Crippen molar-refractivity contribution in [1.29, 1.82) is 0 Å². The van der Waals surface area contributed by atoms with Crippen molar-refractivity contribution >= 4 is 44.8 Å². The van der Waals surface area contributed by atoms with E-state index >= 15 is 0 Å². The molecule has 5 rings (SSSR count). The lowest BCUT2D eigenvalue weighted by Gasteiger charge is -2.06. The van der Waals surface area contributed by atoms with Gasteiger partial charge >= 0.3 is 0 Å². The SMILES string of the molecule is COc1cccc(CC(=O)Nc2nnc(C3CC[C@@H](c4nnc(NC(=O)Cc5cccc(OC)c5)s4)C3)s2)c1. The molecule has 12 heteroatoms. The number of hydrogen-bond donors (Lipinski definition) is 2. The van der Waals surface area contributed by atoms with Crippen molar-refractivity contribution in [3.8, 4) is 11.5 Å². The van der Waals surface area contributed by atoms with Crippen LogP contribution in [0.15, 0.2) is 48.5 Å². The number of rotatable bonds is 10. The number of amides is 2. The van der Waals surface area contributed by atoms with Crippen molar-refractivity contribution in [3.63, 3.8) is 0 Å². The zero-order valence-corrected chi connectivity index (χ0v) is 23.2. The number of nitrogens with one attached hydrogen (secondary N) is 2. The topological polar surface area (TPSA) is 128 Å². The number of hydrogen-bond acceptors (Lipinski definition) is 10. The molecular weight excluding hydrogens is 536 g/mol. The van der Waals surface area contributed by atoms with E-state index in [1.54, 1.807) is 14.2 Å². The zero-order chi connectivity index (χ0) is 27.2. The minimum Gasteiger partial charge on any atom is -0.497 e. The lowest BCUT2D eigenvalue weighted by Crippen LogP contribution is -2.14. The van der Waals surface area contributed by atoms with E-state index in [-0.39, 0.29) is 36.5 Å². The average molecular weight is 565 g/mol. The van der Waals surface area contributed by atoms with Gasteiger partial charge in [0.2, 0.25) is 22.1 Å². The third kappa shape index (κ3) is 6.95. The van der Waals surface area contributed by atoms with Gasteiger partial charge in [0.15, 0.2) is 0 Å². The third-order valence-electron chi connectivity index (χ3n) is 6.50. The summed E-state index contributed by atoms with van der Waals surface area (Å²) in [6.07, 6.45) is 3.24. The molecular formula is C27H28N6O4S2. The summed E-state index contributed by atoms with van der Waals surface area (Å²) in [5.74, 6) is 1.62. The molecule has 2 aromatic carbocycles. The summed E-state index contributed by atoms with van der Waals surface area (Å²) >= 11 is 2.83. The molecule has 1 aliphatic rings. The van der Waals surface area contributed by atoms with Gasteiger partial charge in [0.25, 0.3) is 0 Å². The molecule has 0 aliphatic heterocycles. The van der Waals surface area contributed by atoms with Crippen LogP contribution in [0.4, 0.5) is 10.3 Å². The van der Waals surface area contributed by atoms with Crippen LogP contribution in [-0.2, 0) is 22.4 Å². The second kappa shape index (κ2) is 12.3. The van der Waals surface area contributed by atoms with E-state index in [1.165, 1.54) is 22.7 Å². The van der Waals surface area contributed by atoms with Gasteiger partial charge in [-0.1, -0.05) is 46.9 Å². The van der Waals surface area contributed by atoms with E-state index in [1.807, 2.05) is 48.5 Å². The van der Waals surface area contributed by atoms with E-state index < -0.39 is 0 Å². The van der Waals surface area contributed by atoms with Gasteiger partial charge in [-0.3, -0.25) is 9.59 Å². The molecule has 1 aliphatic carbocycles. The van der Waals surface area contributed by atoms with Crippen molar-refractivity contribution in [2.75, 3.05) is 24.9 Å². The smallest absolute Gasteiger partial charge is 0.230 e. The number of ether oxygens (including phenoxy) is 2. The van der Waals surface area contributed by atoms with Gasteiger partial charge in [-0.05, 0) is 54.7 Å². The molecule has 1 unspecified atom stereocenters. The number of carbonyl (C=O) groups excluding carboxylic acids is 2. The molecule has 10 nitrogen and oxygen atoms in total. The van der Waals surface area contributed by atoms with Crippen LogP contribution in [0.25, 0.3) is 0 Å². The Labute approximate surface area is 233 Å². The van der Waals surface area contributed by atoms with Crippen molar-refractivity contribution in [2.45, 2.75) is 43.9 Å². The molecule has 0 bridgehead atoms. The minimum atomic E-state index is -0.148. The number of benzene rings is 2. The highest BCUT2D eigenvalue weighted by Gasteiger charge is 2.32. The molecule has 4 aromatic rings. The Morgan fingerprint density at radius 2 is 1.23 bits per heavy atom. The first kappa shape index (κ1) is 26.7. The number of aromatic nitrogens is 4. The van der Waals surface area contributed by atoms with Gasteiger partial charge in [-0.15, -0.1) is 20.4 Å². The van der Waals surface area contributed by atoms with Crippen LogP contribution in [0.5, 0.6) is 11.5 Å². The molecule has 2 N–H and O–H groups in total. The van der Waals surface area contributed by atoms with Crippen LogP contribution >= 0.6 is 22.7 Å². The summed E-state index contributed by atoms with van der Waals surface area (Å²) in [4.78, 5) is 25.0. The summed E-state index contributed by atoms with van der Waals surface area (Å²) in [6, 6.07) is 14.9. The fraction of sp³-hybridized carbons (Fsp3) is 0.333. The first-order valence-electron chi connectivity index (χ1n) is 12.5. The quantitative estimate of drug-likeness (QED) is 0.281. The van der Waals surface area contributed by atoms with Crippen LogP contribution in [0.1, 0.15) is 52.2 Å². The van der Waals surface area contributed by atoms with Crippen molar-refractivity contribution in [2.24, 2.45) is 0 Å². The van der Waals surface area contributed by atoms with Gasteiger partial charge in [0.1, 0.15) is 21.5 Å². The molecule has 0 spiro atoms. The first-order valence-corrected chi connectivity index (χ1v) is 14.1. The predicted molar refractivity (Wildman–Crippen MR) is 150 cm³/mol. The van der Waals surface area contributed by atoms with Crippen LogP contribution in [-0.4, -0.2) is 46.4 Å². The molecule has 0 saturated heterocycles. The Morgan fingerprint density at radius 1 is 0.769 bits per heavy atom. The summed E-state index contributed by atoms with van der Waals surface area (Å²) in [6.45, 7) is 0. The lowest BCUT2D eigenvalue weighted by atomic mass is 10.1. The maximum Gasteiger partial charge on any atom is 0.230 e. The Balaban J connectivity index is 1.12. The molecule has 39 heavy (non-hydrogen) atoms. The summed E-state index contributed by atoms with van der Waals surface area (Å²) in [5, 5.41) is 25.6. The summed E-state index contributed by atoms with van der Waals surface area (Å²) < 4.78 is 10.4. The van der Waals surface area contributed by atoms with Gasteiger partial charge < -0.3 is 20.1 Å². The monoisotopic (exact) mass is 564 g/mol. The average Bonchev–Trinajstić information content (AvgIpc) is 3.70. The third-order valence-corrected chi connectivity index (χ3v) is 8.51. The Hall–Kier alpha value is -3.90. The predicted octanol–water partition coefficient (Wildman–Crippen LogP) is 4.82. The summed E-state index contributed by atoms with van der Waals surface area (Å²) in [5.41, 5.74) is 1.73. The van der Waals surface area contributed by atoms with Crippen LogP contribution < -0.4 is 20.1 Å². The van der Waals surface area contributed by atoms with Crippen LogP contribution in [0, 0.1) is 0 Å². The highest BCUT2D eigenvalue weighted by Crippen LogP contribution is 2.45. The molecule has 0 radical (unpaired) electrons. The second-order valence-corrected chi connectivity index (χ2v) is 11.3. The van der Waals surface area contributed by atoms with Gasteiger partial charge in [0.05, 0.1) is 27.1 Å². The van der Waals surface area contributed by atoms with E-state index in [0.29, 0.717) is 21.8 Å². The van der Waals surface area contributed by atoms with Crippen LogP contribution in [0.2, 0.25) is 0 Å². The molecule has 2 amide bonds. The molecule has 202 valence electrons. The standard InChI is InChI=1S/C27H28N6O4S2/c1-36-20-7-3-5-16(11-20)13-22(34)28-26-32-30-24(38-26)18-9-10-19(15-18)25-31-33-27(39-25)29-23(35)14-17-6-4-8-21(12-17)37-2/h3-8,11-12,18-19H,9-10,13-15H2,1-2H3,(H,28,32,34)(H,29,33,35)/t18-,19?/m1/s1. The van der Waals surface area contributed by atoms with Gasteiger partial charge in [0, 0.05) is 11.8 Å². The Kier molecular flexibility index (Phi) is 8.42. The maximum atomic E-state index is 12.5. The number of methoxy groups -OCH3 is 2. The zero-order valence-electron chi connectivity index (χ0n) is 21.5. The van der Waals surface area contributed by atoms with E-state index in [9.17, 15) is 9.59 Å². The normalized spacial score (nSPS) is 16.6. The van der Waals surface area contributed by atoms with Gasteiger partial charge in [-0.25, -0.2) is 0 Å². The molecule has 1 fully saturated rings. The second-order valence-electron chi connectivity index (χ2n) is 9.25. The summed E-state index contributed by atoms with van der Waals surface area (Å²) in [7, 11) is 3.20. The Bertz CT molecular complexity index is 1350. The molecule has 2 aromatic heterocycles. The van der Waals surface area contributed by atoms with E-state index in [0.717, 1.165) is 40.4 Å². The fourth-order valence-electron chi connectivity index (χ4n) is 4.59. The van der Waals surface area contributed by atoms with Crippen molar-refractivity contribution < 1.29 is 19.1 Å². The van der Waals surface area contributed by atoms with Gasteiger partial charge in [-0.2, -0.15) is 0 Å².